The molecular weight excluding hydrogens is 262 g/mol. The Morgan fingerprint density at radius 3 is 2.71 bits per heavy atom. The number of aryl methyl sites for hydroxylation is 2. The number of aliphatic hydroxyl groups is 1. The van der Waals surface area contributed by atoms with Crippen molar-refractivity contribution in [1.82, 2.24) is 14.9 Å². The summed E-state index contributed by atoms with van der Waals surface area (Å²) in [6.07, 6.45) is 3.00. The fourth-order valence-electron chi connectivity index (χ4n) is 2.77. The molecule has 1 aromatic carbocycles. The van der Waals surface area contributed by atoms with Crippen molar-refractivity contribution in [3.8, 4) is 0 Å². The second-order valence-corrected chi connectivity index (χ2v) is 5.91. The lowest BCUT2D eigenvalue weighted by atomic mass is 10.2. The Bertz CT molecular complexity index is 562. The number of hydrogen-bond acceptors (Lipinski definition) is 3. The van der Waals surface area contributed by atoms with Crippen molar-refractivity contribution in [2.45, 2.75) is 58.7 Å². The molecule has 2 N–H and O–H groups in total. The van der Waals surface area contributed by atoms with E-state index in [9.17, 15) is 5.11 Å². The number of imidazole rings is 1. The predicted molar refractivity (Wildman–Crippen MR) is 87.5 cm³/mol. The summed E-state index contributed by atoms with van der Waals surface area (Å²) in [7, 11) is 0. The number of fused-ring (bicyclic) bond motifs is 1. The molecule has 1 aromatic heterocycles. The molecule has 1 atom stereocenters. The van der Waals surface area contributed by atoms with Crippen molar-refractivity contribution < 1.29 is 5.11 Å². The number of benzene rings is 1. The highest BCUT2D eigenvalue weighted by Gasteiger charge is 2.13. The molecule has 1 unspecified atom stereocenters. The molecule has 0 fully saturated rings. The number of aromatic nitrogens is 2. The van der Waals surface area contributed by atoms with Crippen molar-refractivity contribution in [2.75, 3.05) is 6.61 Å². The lowest BCUT2D eigenvalue weighted by Gasteiger charge is -2.20. The third-order valence-electron chi connectivity index (χ3n) is 3.70. The normalized spacial score (nSPS) is 13.2. The maximum Gasteiger partial charge on any atom is 0.109 e. The number of para-hydroxylation sites is 2. The smallest absolute Gasteiger partial charge is 0.109 e. The van der Waals surface area contributed by atoms with E-state index >= 15 is 0 Å². The van der Waals surface area contributed by atoms with Crippen LogP contribution in [0.1, 0.15) is 39.4 Å². The largest absolute Gasteiger partial charge is 0.395 e. The maximum atomic E-state index is 9.50. The van der Waals surface area contributed by atoms with Gasteiger partial charge in [-0.15, -0.1) is 0 Å². The van der Waals surface area contributed by atoms with Crippen molar-refractivity contribution >= 4 is 11.0 Å². The van der Waals surface area contributed by atoms with E-state index in [1.165, 1.54) is 5.52 Å². The average Bonchev–Trinajstić information content (AvgIpc) is 2.81. The number of hydrogen-bond donors (Lipinski definition) is 2. The fraction of sp³-hybridized carbons (Fsp3) is 0.588. The Balaban J connectivity index is 2.17. The first-order valence-electron chi connectivity index (χ1n) is 7.96. The number of rotatable bonds is 8. The Hall–Kier alpha value is -1.39. The molecule has 4 nitrogen and oxygen atoms in total. The zero-order valence-electron chi connectivity index (χ0n) is 13.3. The molecule has 0 bridgehead atoms. The van der Waals surface area contributed by atoms with Gasteiger partial charge in [0.2, 0.25) is 0 Å². The molecule has 0 saturated carbocycles. The summed E-state index contributed by atoms with van der Waals surface area (Å²) in [5.74, 6) is 1.15. The molecule has 2 rings (SSSR count). The van der Waals surface area contributed by atoms with E-state index in [2.05, 4.69) is 48.9 Å². The first-order chi connectivity index (χ1) is 10.2. The van der Waals surface area contributed by atoms with Crippen molar-refractivity contribution in [3.63, 3.8) is 0 Å². The van der Waals surface area contributed by atoms with Crippen LogP contribution in [0.25, 0.3) is 11.0 Å². The maximum absolute atomic E-state index is 9.50. The van der Waals surface area contributed by atoms with Crippen LogP contribution >= 0.6 is 0 Å². The summed E-state index contributed by atoms with van der Waals surface area (Å²) in [5, 5.41) is 12.9. The van der Waals surface area contributed by atoms with Gasteiger partial charge in [-0.05, 0) is 25.0 Å². The summed E-state index contributed by atoms with van der Waals surface area (Å²) in [5.41, 5.74) is 2.26. The molecule has 0 amide bonds. The van der Waals surface area contributed by atoms with Gasteiger partial charge in [-0.25, -0.2) is 4.98 Å². The monoisotopic (exact) mass is 289 g/mol. The minimum absolute atomic E-state index is 0.139. The topological polar surface area (TPSA) is 50.1 Å². The molecule has 0 aliphatic heterocycles. The summed E-state index contributed by atoms with van der Waals surface area (Å²) < 4.78 is 2.31. The first kappa shape index (κ1) is 16.0. The van der Waals surface area contributed by atoms with Crippen LogP contribution in [-0.4, -0.2) is 33.3 Å². The van der Waals surface area contributed by atoms with Crippen LogP contribution in [0.4, 0.5) is 0 Å². The molecule has 0 saturated heterocycles. The Morgan fingerprint density at radius 2 is 2.05 bits per heavy atom. The zero-order chi connectivity index (χ0) is 15.2. The van der Waals surface area contributed by atoms with Crippen LogP contribution in [0.5, 0.6) is 0 Å². The second kappa shape index (κ2) is 7.57. The number of aliphatic hydroxyl groups excluding tert-OH is 1. The lowest BCUT2D eigenvalue weighted by molar-refractivity contribution is 0.224. The summed E-state index contributed by atoms with van der Waals surface area (Å²) >= 11 is 0. The van der Waals surface area contributed by atoms with E-state index in [0.29, 0.717) is 6.04 Å². The summed E-state index contributed by atoms with van der Waals surface area (Å²) in [4.78, 5) is 4.75. The van der Waals surface area contributed by atoms with Crippen LogP contribution < -0.4 is 5.32 Å². The molecule has 21 heavy (non-hydrogen) atoms. The quantitative estimate of drug-likeness (QED) is 0.785. The fourth-order valence-corrected chi connectivity index (χ4v) is 2.77. The van der Waals surface area contributed by atoms with E-state index < -0.39 is 0 Å². The predicted octanol–water partition coefficient (Wildman–Crippen LogP) is 2.74. The van der Waals surface area contributed by atoms with Gasteiger partial charge < -0.3 is 15.0 Å². The number of nitrogens with zero attached hydrogens (tertiary/aromatic N) is 2. The molecule has 0 aliphatic carbocycles. The van der Waals surface area contributed by atoms with Crippen molar-refractivity contribution in [1.29, 1.82) is 0 Å². The third kappa shape index (κ3) is 4.05. The molecule has 2 aromatic rings. The molecule has 116 valence electrons. The van der Waals surface area contributed by atoms with Gasteiger partial charge >= 0.3 is 0 Å². The van der Waals surface area contributed by atoms with Crippen LogP contribution in [-0.2, 0) is 13.0 Å². The SMILES string of the molecule is CCCc1nc2ccccc2n1CCC(CO)NC(C)C. The molecule has 4 heteroatoms. The van der Waals surface area contributed by atoms with Crippen molar-refractivity contribution in [2.24, 2.45) is 0 Å². The Morgan fingerprint density at radius 1 is 1.29 bits per heavy atom. The van der Waals surface area contributed by atoms with Gasteiger partial charge in [0, 0.05) is 25.0 Å². The number of nitrogens with one attached hydrogen (secondary N) is 1. The van der Waals surface area contributed by atoms with Gasteiger partial charge in [-0.3, -0.25) is 0 Å². The van der Waals surface area contributed by atoms with Gasteiger partial charge in [0.15, 0.2) is 0 Å². The van der Waals surface area contributed by atoms with Gasteiger partial charge in [-0.2, -0.15) is 0 Å². The molecular formula is C17H27N3O. The molecule has 0 aliphatic rings. The highest BCUT2D eigenvalue weighted by atomic mass is 16.3. The summed E-state index contributed by atoms with van der Waals surface area (Å²) in [6, 6.07) is 8.82. The Kier molecular flexibility index (Phi) is 5.76. The average molecular weight is 289 g/mol. The van der Waals surface area contributed by atoms with E-state index in [1.54, 1.807) is 0 Å². The molecule has 0 spiro atoms. The van der Waals surface area contributed by atoms with Crippen molar-refractivity contribution in [3.05, 3.63) is 30.1 Å². The van der Waals surface area contributed by atoms with Gasteiger partial charge in [0.05, 0.1) is 17.6 Å². The Labute approximate surface area is 127 Å². The minimum atomic E-state index is 0.139. The van der Waals surface area contributed by atoms with Crippen LogP contribution in [0, 0.1) is 0 Å². The van der Waals surface area contributed by atoms with Crippen LogP contribution in [0.15, 0.2) is 24.3 Å². The second-order valence-electron chi connectivity index (χ2n) is 5.91. The van der Waals surface area contributed by atoms with Crippen LogP contribution in [0.2, 0.25) is 0 Å². The van der Waals surface area contributed by atoms with E-state index in [4.69, 9.17) is 4.98 Å². The van der Waals surface area contributed by atoms with E-state index in [-0.39, 0.29) is 12.6 Å². The third-order valence-corrected chi connectivity index (χ3v) is 3.70. The standard InChI is InChI=1S/C17H27N3O/c1-4-7-17-19-15-8-5-6-9-16(15)20(17)11-10-14(12-21)18-13(2)3/h5-6,8-9,13-14,18,21H,4,7,10-12H2,1-3H3. The summed E-state index contributed by atoms with van der Waals surface area (Å²) in [6.45, 7) is 7.46. The van der Waals surface area contributed by atoms with Gasteiger partial charge in [0.1, 0.15) is 5.82 Å². The highest BCUT2D eigenvalue weighted by Crippen LogP contribution is 2.18. The van der Waals surface area contributed by atoms with Gasteiger partial charge in [-0.1, -0.05) is 32.9 Å². The first-order valence-corrected chi connectivity index (χ1v) is 7.96. The molecule has 0 radical (unpaired) electrons. The molecule has 1 heterocycles. The minimum Gasteiger partial charge on any atom is -0.395 e. The van der Waals surface area contributed by atoms with Gasteiger partial charge in [0.25, 0.3) is 0 Å². The van der Waals surface area contributed by atoms with E-state index in [1.807, 2.05) is 6.07 Å². The zero-order valence-corrected chi connectivity index (χ0v) is 13.3. The lowest BCUT2D eigenvalue weighted by Crippen LogP contribution is -2.38. The highest BCUT2D eigenvalue weighted by molar-refractivity contribution is 5.75. The van der Waals surface area contributed by atoms with E-state index in [0.717, 1.165) is 37.1 Å². The van der Waals surface area contributed by atoms with Crippen LogP contribution in [0.3, 0.4) is 0 Å².